The van der Waals surface area contributed by atoms with E-state index in [1.165, 1.54) is 59.1 Å². The molecule has 1 N–H and O–H groups in total. The second kappa shape index (κ2) is 18.2. The maximum Gasteiger partial charge on any atom is 0.197 e. The van der Waals surface area contributed by atoms with Crippen molar-refractivity contribution in [2.45, 2.75) is 0 Å². The second-order valence-electron chi connectivity index (χ2n) is 18.0. The summed E-state index contributed by atoms with van der Waals surface area (Å²) in [5, 5.41) is 6.53. The summed E-state index contributed by atoms with van der Waals surface area (Å²) in [6, 6.07) is 96.5. The van der Waals surface area contributed by atoms with Gasteiger partial charge < -0.3 is 15.1 Å². The maximum atomic E-state index is 4.02. The zero-order valence-corrected chi connectivity index (χ0v) is 39.6. The topological polar surface area (TPSA) is 18.5 Å². The number of anilines is 8. The smallest absolute Gasteiger partial charge is 0.197 e. The van der Waals surface area contributed by atoms with Crippen LogP contribution >= 0.6 is 11.3 Å². The van der Waals surface area contributed by atoms with Crippen LogP contribution in [0, 0.1) is 0 Å². The van der Waals surface area contributed by atoms with Crippen molar-refractivity contribution in [3.05, 3.63) is 267 Å². The van der Waals surface area contributed by atoms with E-state index in [4.69, 9.17) is 0 Å². The van der Waals surface area contributed by atoms with E-state index in [0.717, 1.165) is 62.0 Å². The molecule has 0 bridgehead atoms. The summed E-state index contributed by atoms with van der Waals surface area (Å²) < 4.78 is 2.49. The Morgan fingerprint density at radius 3 is 1.62 bits per heavy atom. The molecule has 13 rings (SSSR count). The molecule has 0 saturated carbocycles. The number of fused-ring (bicyclic) bond motifs is 6. The molecule has 5 heteroatoms. The highest BCUT2D eigenvalue weighted by molar-refractivity contribution is 7.26. The molecule has 333 valence electrons. The van der Waals surface area contributed by atoms with Crippen molar-refractivity contribution < 1.29 is 0 Å². The molecule has 1 radical (unpaired) electrons. The number of nitrogens with zero attached hydrogens (tertiary/aromatic N) is 2. The maximum absolute atomic E-state index is 4.02. The van der Waals surface area contributed by atoms with Crippen LogP contribution in [0.3, 0.4) is 0 Å². The monoisotopic (exact) mass is 922 g/mol. The normalized spacial score (nSPS) is 11.7. The fraction of sp³-hybridized carbons (Fsp3) is 0. The van der Waals surface area contributed by atoms with Gasteiger partial charge in [0, 0.05) is 65.5 Å². The van der Waals surface area contributed by atoms with Gasteiger partial charge in [0.05, 0.1) is 5.69 Å². The van der Waals surface area contributed by atoms with E-state index in [0.29, 0.717) is 0 Å². The molecule has 11 aromatic carbocycles. The van der Waals surface area contributed by atoms with Crippen LogP contribution in [0.2, 0.25) is 0 Å². The SMILES string of the molecule is [B]1c2ccc(-c3ccccc3)cc2N(c2cccc(-c3ccccc3)c2)c2c1c(-c1ccc(N(c3ccccc3)c3ccccc3)cc1Nc1cccc(-c3ccccc3)c1)cc1sc3ccccc3c21. The Kier molecular flexibility index (Phi) is 10.8. The molecule has 0 atom stereocenters. The summed E-state index contributed by atoms with van der Waals surface area (Å²) in [6.45, 7) is 0. The Morgan fingerprint density at radius 2 is 0.958 bits per heavy atom. The molecule has 0 unspecified atom stereocenters. The van der Waals surface area contributed by atoms with Crippen molar-refractivity contribution in [2.75, 3.05) is 15.1 Å². The van der Waals surface area contributed by atoms with Gasteiger partial charge in [-0.2, -0.15) is 0 Å². The third-order valence-corrected chi connectivity index (χ3v) is 14.7. The molecule has 12 aromatic rings. The van der Waals surface area contributed by atoms with Crippen LogP contribution in [0.1, 0.15) is 0 Å². The number of nitrogens with one attached hydrogen (secondary N) is 1. The molecular formula is C66H45BN3S. The third kappa shape index (κ3) is 7.93. The number of para-hydroxylation sites is 2. The Labute approximate surface area is 419 Å². The van der Waals surface area contributed by atoms with E-state index < -0.39 is 0 Å². The van der Waals surface area contributed by atoms with E-state index in [2.05, 4.69) is 289 Å². The van der Waals surface area contributed by atoms with Crippen molar-refractivity contribution in [2.24, 2.45) is 0 Å². The van der Waals surface area contributed by atoms with Crippen LogP contribution in [-0.2, 0) is 0 Å². The largest absolute Gasteiger partial charge is 0.355 e. The minimum Gasteiger partial charge on any atom is -0.355 e. The van der Waals surface area contributed by atoms with Crippen molar-refractivity contribution in [1.82, 2.24) is 0 Å². The molecule has 1 aliphatic rings. The molecule has 1 aliphatic heterocycles. The van der Waals surface area contributed by atoms with Gasteiger partial charge in [0.2, 0.25) is 0 Å². The molecule has 0 fully saturated rings. The van der Waals surface area contributed by atoms with Crippen LogP contribution in [0.15, 0.2) is 267 Å². The van der Waals surface area contributed by atoms with Crippen LogP contribution < -0.4 is 26.0 Å². The highest BCUT2D eigenvalue weighted by Gasteiger charge is 2.32. The summed E-state index contributed by atoms with van der Waals surface area (Å²) >= 11 is 1.86. The van der Waals surface area contributed by atoms with Crippen molar-refractivity contribution in [3.63, 3.8) is 0 Å². The minimum absolute atomic E-state index is 1.00. The fourth-order valence-electron chi connectivity index (χ4n) is 10.3. The summed E-state index contributed by atoms with van der Waals surface area (Å²) in [7, 11) is 2.44. The van der Waals surface area contributed by atoms with Crippen LogP contribution in [0.5, 0.6) is 0 Å². The molecule has 0 saturated heterocycles. The van der Waals surface area contributed by atoms with E-state index in [-0.39, 0.29) is 0 Å². The standard InChI is InChI=1S/C66H45BN3S/c1-6-20-45(21-7-1)48-26-18-28-51(40-48)68-60-43-55(69(52-29-12-4-13-30-52)53-31-14-5-15-32-53)37-38-56(60)58-44-63-64(57-34-16-17-35-62(57)71-63)66-65(58)67-59-39-36-50(47-24-10-3-11-25-47)42-61(59)70(66)54-33-19-27-49(41-54)46-22-8-2-9-23-46/h1-44,68H. The summed E-state index contributed by atoms with van der Waals surface area (Å²) in [5.41, 5.74) is 20.3. The number of benzene rings is 11. The van der Waals surface area contributed by atoms with E-state index in [1.54, 1.807) is 0 Å². The molecule has 0 amide bonds. The molecular weight excluding hydrogens is 878 g/mol. The number of hydrogen-bond acceptors (Lipinski definition) is 4. The van der Waals surface area contributed by atoms with Gasteiger partial charge in [-0.15, -0.1) is 11.3 Å². The lowest BCUT2D eigenvalue weighted by Gasteiger charge is -2.36. The van der Waals surface area contributed by atoms with Crippen molar-refractivity contribution in [1.29, 1.82) is 0 Å². The van der Waals surface area contributed by atoms with Crippen LogP contribution in [0.4, 0.5) is 45.5 Å². The van der Waals surface area contributed by atoms with Gasteiger partial charge in [0.25, 0.3) is 0 Å². The molecule has 0 aliphatic carbocycles. The average molecular weight is 923 g/mol. The Bertz CT molecular complexity index is 3840. The molecule has 71 heavy (non-hydrogen) atoms. The van der Waals surface area contributed by atoms with E-state index in [1.807, 2.05) is 11.3 Å². The van der Waals surface area contributed by atoms with Gasteiger partial charge >= 0.3 is 0 Å². The van der Waals surface area contributed by atoms with Crippen LogP contribution in [-0.4, -0.2) is 7.28 Å². The first-order valence-electron chi connectivity index (χ1n) is 24.2. The Hall–Kier alpha value is -8.90. The average Bonchev–Trinajstić information content (AvgIpc) is 3.82. The first-order chi connectivity index (χ1) is 35.2. The van der Waals surface area contributed by atoms with Crippen molar-refractivity contribution >= 4 is 95.2 Å². The van der Waals surface area contributed by atoms with Gasteiger partial charge in [0.1, 0.15) is 0 Å². The van der Waals surface area contributed by atoms with E-state index in [9.17, 15) is 0 Å². The first kappa shape index (κ1) is 42.2. The lowest BCUT2D eigenvalue weighted by Crippen LogP contribution is -2.41. The minimum atomic E-state index is 1.00. The lowest BCUT2D eigenvalue weighted by atomic mass is 9.57. The molecule has 0 spiro atoms. The van der Waals surface area contributed by atoms with Gasteiger partial charge in [0.15, 0.2) is 7.28 Å². The Balaban J connectivity index is 1.08. The van der Waals surface area contributed by atoms with Gasteiger partial charge in [-0.25, -0.2) is 0 Å². The van der Waals surface area contributed by atoms with Crippen molar-refractivity contribution in [3.8, 4) is 44.5 Å². The third-order valence-electron chi connectivity index (χ3n) is 13.6. The van der Waals surface area contributed by atoms with E-state index >= 15 is 0 Å². The predicted molar refractivity (Wildman–Crippen MR) is 305 cm³/mol. The summed E-state index contributed by atoms with van der Waals surface area (Å²) in [4.78, 5) is 4.89. The zero-order chi connectivity index (χ0) is 47.1. The highest BCUT2D eigenvalue weighted by atomic mass is 32.1. The molecule has 1 aromatic heterocycles. The lowest BCUT2D eigenvalue weighted by molar-refractivity contribution is 1.28. The number of hydrogen-bond donors (Lipinski definition) is 1. The summed E-state index contributed by atoms with van der Waals surface area (Å²) in [6.07, 6.45) is 0. The number of rotatable bonds is 10. The predicted octanol–water partition coefficient (Wildman–Crippen LogP) is 17.4. The molecule has 3 nitrogen and oxygen atoms in total. The molecule has 2 heterocycles. The van der Waals surface area contributed by atoms with Crippen LogP contribution in [0.25, 0.3) is 64.7 Å². The fourth-order valence-corrected chi connectivity index (χ4v) is 11.5. The summed E-state index contributed by atoms with van der Waals surface area (Å²) in [5.74, 6) is 0. The number of thiophene rings is 1. The first-order valence-corrected chi connectivity index (χ1v) is 25.0. The quantitative estimate of drug-likeness (QED) is 0.138. The van der Waals surface area contributed by atoms with Gasteiger partial charge in [-0.1, -0.05) is 194 Å². The highest BCUT2D eigenvalue weighted by Crippen LogP contribution is 2.49. The van der Waals surface area contributed by atoms with Gasteiger partial charge in [-0.3, -0.25) is 0 Å². The zero-order valence-electron chi connectivity index (χ0n) is 38.8. The van der Waals surface area contributed by atoms with Gasteiger partial charge in [-0.05, 0) is 123 Å². The Morgan fingerprint density at radius 1 is 0.394 bits per heavy atom. The second-order valence-corrected chi connectivity index (χ2v) is 19.1.